The van der Waals surface area contributed by atoms with Gasteiger partial charge >= 0.3 is 5.97 Å². The van der Waals surface area contributed by atoms with Gasteiger partial charge in [0.2, 0.25) is 5.95 Å². The Labute approximate surface area is 126 Å². The van der Waals surface area contributed by atoms with Crippen molar-refractivity contribution >= 4 is 23.5 Å². The zero-order valence-electron chi connectivity index (χ0n) is 11.5. The second-order valence-corrected chi connectivity index (χ2v) is 5.62. The minimum Gasteiger partial charge on any atom is -0.480 e. The third-order valence-electron chi connectivity index (χ3n) is 3.98. The molecule has 1 aliphatic heterocycles. The SMILES string of the molecule is Cc1c(Cl)cccc1C1CCC(C(=O)O)n2nc(N)nc21. The van der Waals surface area contributed by atoms with Gasteiger partial charge in [-0.3, -0.25) is 0 Å². The average molecular weight is 307 g/mol. The molecule has 3 N–H and O–H groups in total. The predicted molar refractivity (Wildman–Crippen MR) is 78.4 cm³/mol. The molecule has 0 bridgehead atoms. The number of rotatable bonds is 2. The van der Waals surface area contributed by atoms with E-state index < -0.39 is 12.0 Å². The van der Waals surface area contributed by atoms with E-state index in [1.54, 1.807) is 0 Å². The monoisotopic (exact) mass is 306 g/mol. The summed E-state index contributed by atoms with van der Waals surface area (Å²) >= 11 is 6.18. The lowest BCUT2D eigenvalue weighted by Gasteiger charge is -2.28. The van der Waals surface area contributed by atoms with Crippen LogP contribution < -0.4 is 5.73 Å². The molecule has 1 aliphatic rings. The highest BCUT2D eigenvalue weighted by molar-refractivity contribution is 6.31. The first kappa shape index (κ1) is 13.9. The van der Waals surface area contributed by atoms with E-state index in [4.69, 9.17) is 17.3 Å². The molecule has 0 fully saturated rings. The summed E-state index contributed by atoms with van der Waals surface area (Å²) in [6, 6.07) is 5.00. The number of nitrogens with two attached hydrogens (primary N) is 1. The van der Waals surface area contributed by atoms with Crippen LogP contribution in [0.2, 0.25) is 5.02 Å². The molecule has 0 saturated carbocycles. The van der Waals surface area contributed by atoms with Gasteiger partial charge in [0.15, 0.2) is 6.04 Å². The molecule has 2 unspecified atom stereocenters. The smallest absolute Gasteiger partial charge is 0.328 e. The van der Waals surface area contributed by atoms with Gasteiger partial charge in [0.1, 0.15) is 5.82 Å². The van der Waals surface area contributed by atoms with Crippen molar-refractivity contribution in [2.24, 2.45) is 0 Å². The lowest BCUT2D eigenvalue weighted by atomic mass is 9.86. The molecule has 1 aromatic heterocycles. The number of hydrogen-bond donors (Lipinski definition) is 2. The number of nitrogens with zero attached hydrogens (tertiary/aromatic N) is 3. The normalized spacial score (nSPS) is 21.0. The first-order chi connectivity index (χ1) is 9.99. The van der Waals surface area contributed by atoms with Crippen molar-refractivity contribution in [2.75, 3.05) is 5.73 Å². The highest BCUT2D eigenvalue weighted by atomic mass is 35.5. The van der Waals surface area contributed by atoms with Gasteiger partial charge in [0.25, 0.3) is 0 Å². The summed E-state index contributed by atoms with van der Waals surface area (Å²) in [6.07, 6.45) is 1.16. The summed E-state index contributed by atoms with van der Waals surface area (Å²) in [4.78, 5) is 15.6. The molecule has 2 atom stereocenters. The van der Waals surface area contributed by atoms with E-state index >= 15 is 0 Å². The highest BCUT2D eigenvalue weighted by Crippen LogP contribution is 2.39. The topological polar surface area (TPSA) is 94.0 Å². The third kappa shape index (κ3) is 2.25. The molecule has 3 rings (SSSR count). The van der Waals surface area contributed by atoms with Crippen LogP contribution in [0.5, 0.6) is 0 Å². The summed E-state index contributed by atoms with van der Waals surface area (Å²) in [6.45, 7) is 1.95. The van der Waals surface area contributed by atoms with Crippen LogP contribution in [0.1, 0.15) is 41.8 Å². The molecular formula is C14H15ClN4O2. The number of carboxylic acids is 1. The molecule has 0 radical (unpaired) electrons. The molecule has 0 spiro atoms. The molecule has 0 aliphatic carbocycles. The first-order valence-electron chi connectivity index (χ1n) is 6.68. The van der Waals surface area contributed by atoms with Crippen LogP contribution in [-0.2, 0) is 4.79 Å². The summed E-state index contributed by atoms with van der Waals surface area (Å²) in [5.41, 5.74) is 7.69. The van der Waals surface area contributed by atoms with E-state index in [1.165, 1.54) is 4.68 Å². The molecule has 110 valence electrons. The molecule has 21 heavy (non-hydrogen) atoms. The van der Waals surface area contributed by atoms with Crippen molar-refractivity contribution in [3.8, 4) is 0 Å². The van der Waals surface area contributed by atoms with Gasteiger partial charge in [-0.05, 0) is 37.0 Å². The van der Waals surface area contributed by atoms with Gasteiger partial charge in [0.05, 0.1) is 0 Å². The lowest BCUT2D eigenvalue weighted by molar-refractivity contribution is -0.141. The van der Waals surface area contributed by atoms with Gasteiger partial charge < -0.3 is 10.8 Å². The number of anilines is 1. The lowest BCUT2D eigenvalue weighted by Crippen LogP contribution is -2.29. The Bertz CT molecular complexity index is 713. The summed E-state index contributed by atoms with van der Waals surface area (Å²) in [7, 11) is 0. The van der Waals surface area contributed by atoms with Crippen LogP contribution in [-0.4, -0.2) is 25.8 Å². The third-order valence-corrected chi connectivity index (χ3v) is 4.39. The first-order valence-corrected chi connectivity index (χ1v) is 7.06. The van der Waals surface area contributed by atoms with E-state index in [9.17, 15) is 9.90 Å². The Morgan fingerprint density at radius 2 is 2.24 bits per heavy atom. The van der Waals surface area contributed by atoms with Crippen LogP contribution in [0.3, 0.4) is 0 Å². The Morgan fingerprint density at radius 1 is 1.48 bits per heavy atom. The van der Waals surface area contributed by atoms with Crippen molar-refractivity contribution in [2.45, 2.75) is 31.7 Å². The Balaban J connectivity index is 2.11. The number of halogens is 1. The van der Waals surface area contributed by atoms with Crippen LogP contribution in [0.25, 0.3) is 0 Å². The van der Waals surface area contributed by atoms with Gasteiger partial charge in [-0.1, -0.05) is 23.7 Å². The largest absolute Gasteiger partial charge is 0.480 e. The van der Waals surface area contributed by atoms with E-state index in [-0.39, 0.29) is 11.9 Å². The highest BCUT2D eigenvalue weighted by Gasteiger charge is 2.35. The minimum absolute atomic E-state index is 0.0379. The second-order valence-electron chi connectivity index (χ2n) is 5.21. The number of carbonyl (C=O) groups is 1. The fourth-order valence-corrected chi connectivity index (χ4v) is 3.10. The number of aromatic nitrogens is 3. The number of carboxylic acid groups (broad SMARTS) is 1. The molecule has 1 aromatic carbocycles. The maximum atomic E-state index is 11.3. The Kier molecular flexibility index (Phi) is 3.33. The zero-order valence-corrected chi connectivity index (χ0v) is 12.2. The van der Waals surface area contributed by atoms with E-state index in [0.717, 1.165) is 11.1 Å². The minimum atomic E-state index is -0.914. The molecule has 0 amide bonds. The van der Waals surface area contributed by atoms with E-state index in [2.05, 4.69) is 10.1 Å². The van der Waals surface area contributed by atoms with Crippen LogP contribution in [0.15, 0.2) is 18.2 Å². The maximum Gasteiger partial charge on any atom is 0.328 e. The fourth-order valence-electron chi connectivity index (χ4n) is 2.92. The van der Waals surface area contributed by atoms with Crippen molar-refractivity contribution in [1.82, 2.24) is 14.8 Å². The number of benzene rings is 1. The fraction of sp³-hybridized carbons (Fsp3) is 0.357. The average Bonchev–Trinajstić information content (AvgIpc) is 2.82. The number of fused-ring (bicyclic) bond motifs is 1. The summed E-state index contributed by atoms with van der Waals surface area (Å²) < 4.78 is 1.44. The second kappa shape index (κ2) is 5.04. The van der Waals surface area contributed by atoms with Crippen molar-refractivity contribution in [3.63, 3.8) is 0 Å². The molecule has 2 heterocycles. The Morgan fingerprint density at radius 3 is 2.95 bits per heavy atom. The van der Waals surface area contributed by atoms with Crippen molar-refractivity contribution < 1.29 is 9.90 Å². The molecule has 7 heteroatoms. The van der Waals surface area contributed by atoms with Gasteiger partial charge in [-0.2, -0.15) is 4.98 Å². The maximum absolute atomic E-state index is 11.3. The van der Waals surface area contributed by atoms with E-state index in [0.29, 0.717) is 23.7 Å². The van der Waals surface area contributed by atoms with Gasteiger partial charge in [0, 0.05) is 10.9 Å². The molecule has 0 saturated heterocycles. The van der Waals surface area contributed by atoms with Crippen LogP contribution >= 0.6 is 11.6 Å². The van der Waals surface area contributed by atoms with Crippen molar-refractivity contribution in [3.05, 3.63) is 40.2 Å². The van der Waals surface area contributed by atoms with Crippen LogP contribution in [0.4, 0.5) is 5.95 Å². The van der Waals surface area contributed by atoms with E-state index in [1.807, 2.05) is 25.1 Å². The van der Waals surface area contributed by atoms with Gasteiger partial charge in [-0.25, -0.2) is 9.48 Å². The molecule has 2 aromatic rings. The number of aliphatic carboxylic acids is 1. The predicted octanol–water partition coefficient (Wildman–Crippen LogP) is 2.37. The van der Waals surface area contributed by atoms with Crippen molar-refractivity contribution in [1.29, 1.82) is 0 Å². The standard InChI is InChI=1S/C14H15ClN4O2/c1-7-8(3-2-4-10(7)15)9-5-6-11(13(20)21)19-12(9)17-14(16)18-19/h2-4,9,11H,5-6H2,1H3,(H2,16,18)(H,20,21). The molecule has 6 nitrogen and oxygen atoms in total. The summed E-state index contributed by atoms with van der Waals surface area (Å²) in [5, 5.41) is 14.0. The van der Waals surface area contributed by atoms with Crippen LogP contribution in [0, 0.1) is 6.92 Å². The summed E-state index contributed by atoms with van der Waals surface area (Å²) in [5.74, 6) is -0.258. The Hall–Kier alpha value is -2.08. The molecular weight excluding hydrogens is 292 g/mol. The number of hydrogen-bond acceptors (Lipinski definition) is 4. The number of nitrogen functional groups attached to an aromatic ring is 1. The quantitative estimate of drug-likeness (QED) is 0.888. The van der Waals surface area contributed by atoms with Gasteiger partial charge in [-0.15, -0.1) is 5.10 Å². The zero-order chi connectivity index (χ0) is 15.1.